The van der Waals surface area contributed by atoms with Gasteiger partial charge in [0.2, 0.25) is 0 Å². The Morgan fingerprint density at radius 1 is 1.00 bits per heavy atom. The molecule has 1 amide bonds. The summed E-state index contributed by atoms with van der Waals surface area (Å²) in [5.74, 6) is -0.669. The lowest BCUT2D eigenvalue weighted by molar-refractivity contribution is -0.136. The van der Waals surface area contributed by atoms with Gasteiger partial charge < -0.3 is 15.2 Å². The van der Waals surface area contributed by atoms with Crippen LogP contribution in [0.1, 0.15) is 32.6 Å². The second kappa shape index (κ2) is 9.46. The number of halogens is 1. The number of carbonyl (C=O) groups excluding carboxylic acids is 1. The molecule has 0 radical (unpaired) electrons. The van der Waals surface area contributed by atoms with Gasteiger partial charge in [0.25, 0.3) is 5.91 Å². The van der Waals surface area contributed by atoms with Crippen molar-refractivity contribution in [2.45, 2.75) is 26.9 Å². The van der Waals surface area contributed by atoms with Gasteiger partial charge in [-0.25, -0.2) is 0 Å². The summed E-state index contributed by atoms with van der Waals surface area (Å²) in [5, 5.41) is 11.9. The molecule has 0 heterocycles. The molecule has 0 aromatic heterocycles. The fourth-order valence-electron chi connectivity index (χ4n) is 3.04. The highest BCUT2D eigenvalue weighted by molar-refractivity contribution is 6.34. The molecular formula is C24H22ClNO4. The number of rotatable bonds is 7. The highest BCUT2D eigenvalue weighted by Gasteiger charge is 2.13. The number of aryl methyl sites for hydroxylation is 2. The summed E-state index contributed by atoms with van der Waals surface area (Å²) in [6, 6.07) is 18.2. The molecule has 5 nitrogen and oxygen atoms in total. The molecule has 154 valence electrons. The fraction of sp³-hybridized carbons (Fsp3) is 0.167. The molecule has 0 saturated heterocycles. The van der Waals surface area contributed by atoms with Crippen molar-refractivity contribution >= 4 is 29.2 Å². The maximum absolute atomic E-state index is 12.8. The van der Waals surface area contributed by atoms with E-state index < -0.39 is 5.97 Å². The van der Waals surface area contributed by atoms with Gasteiger partial charge in [0, 0.05) is 5.56 Å². The summed E-state index contributed by atoms with van der Waals surface area (Å²) in [6.07, 6.45) is -0.132. The molecular weight excluding hydrogens is 402 g/mol. The first kappa shape index (κ1) is 21.4. The van der Waals surface area contributed by atoms with Gasteiger partial charge in [-0.2, -0.15) is 0 Å². The Hall–Kier alpha value is -3.31. The molecule has 0 spiro atoms. The minimum atomic E-state index is -0.944. The zero-order chi connectivity index (χ0) is 21.7. The number of benzene rings is 3. The number of hydrogen-bond acceptors (Lipinski definition) is 3. The van der Waals surface area contributed by atoms with Gasteiger partial charge in [-0.1, -0.05) is 53.6 Å². The van der Waals surface area contributed by atoms with E-state index in [0.29, 0.717) is 29.2 Å². The van der Waals surface area contributed by atoms with Crippen LogP contribution in [0.2, 0.25) is 5.02 Å². The minimum Gasteiger partial charge on any atom is -0.489 e. The molecule has 3 aromatic rings. The number of ether oxygens (including phenoxy) is 1. The van der Waals surface area contributed by atoms with Crippen molar-refractivity contribution in [3.63, 3.8) is 0 Å². The quantitative estimate of drug-likeness (QED) is 0.532. The Morgan fingerprint density at radius 3 is 2.50 bits per heavy atom. The van der Waals surface area contributed by atoms with Crippen LogP contribution in [0.25, 0.3) is 0 Å². The molecule has 0 aliphatic heterocycles. The number of carboxylic acid groups (broad SMARTS) is 1. The summed E-state index contributed by atoms with van der Waals surface area (Å²) in [4.78, 5) is 23.6. The number of anilines is 1. The van der Waals surface area contributed by atoms with Crippen LogP contribution in [0, 0.1) is 13.8 Å². The first-order valence-corrected chi connectivity index (χ1v) is 9.80. The maximum Gasteiger partial charge on any atom is 0.307 e. The molecule has 0 unspecified atom stereocenters. The van der Waals surface area contributed by atoms with E-state index in [9.17, 15) is 9.59 Å². The van der Waals surface area contributed by atoms with Gasteiger partial charge in [-0.15, -0.1) is 0 Å². The lowest BCUT2D eigenvalue weighted by Crippen LogP contribution is -2.14. The van der Waals surface area contributed by atoms with Crippen LogP contribution >= 0.6 is 11.6 Å². The lowest BCUT2D eigenvalue weighted by atomic mass is 10.1. The van der Waals surface area contributed by atoms with Gasteiger partial charge >= 0.3 is 5.97 Å². The van der Waals surface area contributed by atoms with Crippen molar-refractivity contribution in [2.24, 2.45) is 0 Å². The molecule has 0 aliphatic carbocycles. The van der Waals surface area contributed by atoms with E-state index in [1.807, 2.05) is 44.2 Å². The summed E-state index contributed by atoms with van der Waals surface area (Å²) in [7, 11) is 0. The Balaban J connectivity index is 1.72. The van der Waals surface area contributed by atoms with Crippen LogP contribution in [0.15, 0.2) is 60.7 Å². The van der Waals surface area contributed by atoms with Crippen molar-refractivity contribution in [3.8, 4) is 5.75 Å². The number of aliphatic carboxylic acids is 1. The molecule has 30 heavy (non-hydrogen) atoms. The Kier molecular flexibility index (Phi) is 6.75. The molecule has 3 rings (SSSR count). The average molecular weight is 424 g/mol. The van der Waals surface area contributed by atoms with Crippen LogP contribution in [0.3, 0.4) is 0 Å². The highest BCUT2D eigenvalue weighted by Crippen LogP contribution is 2.25. The van der Waals surface area contributed by atoms with Crippen LogP contribution < -0.4 is 10.1 Å². The molecule has 0 bridgehead atoms. The lowest BCUT2D eigenvalue weighted by Gasteiger charge is -2.12. The monoisotopic (exact) mass is 423 g/mol. The van der Waals surface area contributed by atoms with E-state index in [1.165, 1.54) is 0 Å². The number of nitrogens with one attached hydrogen (secondary N) is 1. The molecule has 3 aromatic carbocycles. The van der Waals surface area contributed by atoms with Crippen LogP contribution in [0.5, 0.6) is 5.75 Å². The number of hydrogen-bond donors (Lipinski definition) is 2. The normalized spacial score (nSPS) is 10.5. The molecule has 0 atom stereocenters. The van der Waals surface area contributed by atoms with E-state index in [4.69, 9.17) is 21.4 Å². The standard InChI is InChI=1S/C24H22ClNO4/c1-15-4-3-5-18(10-15)14-30-19-8-6-16(2)20(13-19)24(29)26-22-9-7-17(11-21(22)25)12-23(27)28/h3-11,13H,12,14H2,1-2H3,(H,26,29)(H,27,28). The average Bonchev–Trinajstić information content (AvgIpc) is 2.69. The third-order valence-corrected chi connectivity index (χ3v) is 4.89. The highest BCUT2D eigenvalue weighted by atomic mass is 35.5. The first-order chi connectivity index (χ1) is 14.3. The van der Waals surface area contributed by atoms with Crippen molar-refractivity contribution in [1.29, 1.82) is 0 Å². The van der Waals surface area contributed by atoms with Gasteiger partial charge in [-0.3, -0.25) is 9.59 Å². The second-order valence-electron chi connectivity index (χ2n) is 7.09. The van der Waals surface area contributed by atoms with Crippen molar-refractivity contribution in [1.82, 2.24) is 0 Å². The third kappa shape index (κ3) is 5.61. The van der Waals surface area contributed by atoms with Crippen molar-refractivity contribution in [2.75, 3.05) is 5.32 Å². The van der Waals surface area contributed by atoms with Crippen LogP contribution in [-0.2, 0) is 17.8 Å². The third-order valence-electron chi connectivity index (χ3n) is 4.58. The largest absolute Gasteiger partial charge is 0.489 e. The SMILES string of the molecule is Cc1cccc(COc2ccc(C)c(C(=O)Nc3ccc(CC(=O)O)cc3Cl)c2)c1. The van der Waals surface area contributed by atoms with Crippen LogP contribution in [0.4, 0.5) is 5.69 Å². The molecule has 6 heteroatoms. The molecule has 0 saturated carbocycles. The zero-order valence-electron chi connectivity index (χ0n) is 16.7. The summed E-state index contributed by atoms with van der Waals surface area (Å²) in [6.45, 7) is 4.27. The maximum atomic E-state index is 12.8. The first-order valence-electron chi connectivity index (χ1n) is 9.42. The Morgan fingerprint density at radius 2 is 1.80 bits per heavy atom. The van der Waals surface area contributed by atoms with E-state index in [2.05, 4.69) is 11.4 Å². The van der Waals surface area contributed by atoms with Crippen molar-refractivity contribution < 1.29 is 19.4 Å². The number of carboxylic acids is 1. The predicted octanol–water partition coefficient (Wildman–Crippen LogP) is 5.42. The van der Waals surface area contributed by atoms with Gasteiger partial charge in [0.05, 0.1) is 17.1 Å². The minimum absolute atomic E-state index is 0.132. The molecule has 2 N–H and O–H groups in total. The fourth-order valence-corrected chi connectivity index (χ4v) is 3.29. The van der Waals surface area contributed by atoms with Gasteiger partial charge in [-0.05, 0) is 54.8 Å². The van der Waals surface area contributed by atoms with Gasteiger partial charge in [0.1, 0.15) is 12.4 Å². The van der Waals surface area contributed by atoms with E-state index >= 15 is 0 Å². The number of carbonyl (C=O) groups is 2. The topological polar surface area (TPSA) is 75.6 Å². The Labute approximate surface area is 180 Å². The molecule has 0 fully saturated rings. The summed E-state index contributed by atoms with van der Waals surface area (Å²) < 4.78 is 5.86. The number of amides is 1. The zero-order valence-corrected chi connectivity index (χ0v) is 17.5. The second-order valence-corrected chi connectivity index (χ2v) is 7.50. The van der Waals surface area contributed by atoms with E-state index in [0.717, 1.165) is 16.7 Å². The molecule has 0 aliphatic rings. The predicted molar refractivity (Wildman–Crippen MR) is 117 cm³/mol. The summed E-state index contributed by atoms with van der Waals surface area (Å²) in [5.41, 5.74) is 4.46. The van der Waals surface area contributed by atoms with Gasteiger partial charge in [0.15, 0.2) is 0 Å². The van der Waals surface area contributed by atoms with E-state index in [1.54, 1.807) is 24.3 Å². The Bertz CT molecular complexity index is 1090. The summed E-state index contributed by atoms with van der Waals surface area (Å²) >= 11 is 6.21. The van der Waals surface area contributed by atoms with Crippen LogP contribution in [-0.4, -0.2) is 17.0 Å². The smallest absolute Gasteiger partial charge is 0.307 e. The van der Waals surface area contributed by atoms with E-state index in [-0.39, 0.29) is 17.4 Å². The van der Waals surface area contributed by atoms with Crippen molar-refractivity contribution in [3.05, 3.63) is 93.5 Å².